The van der Waals surface area contributed by atoms with E-state index >= 15 is 0 Å². The Morgan fingerprint density at radius 3 is 2.39 bits per heavy atom. The van der Waals surface area contributed by atoms with E-state index in [1.165, 1.54) is 5.56 Å². The minimum atomic E-state index is -0.305. The van der Waals surface area contributed by atoms with Gasteiger partial charge in [0.2, 0.25) is 5.91 Å². The van der Waals surface area contributed by atoms with Crippen LogP contribution in [0.1, 0.15) is 55.4 Å². The summed E-state index contributed by atoms with van der Waals surface area (Å²) in [6, 6.07) is 14.5. The van der Waals surface area contributed by atoms with Crippen LogP contribution in [0.2, 0.25) is 0 Å². The van der Waals surface area contributed by atoms with E-state index in [9.17, 15) is 4.79 Å². The molecule has 0 bridgehead atoms. The molecule has 3 rings (SSSR count). The molecule has 2 aromatic carbocycles. The molecule has 2 aromatic rings. The fourth-order valence-corrected chi connectivity index (χ4v) is 3.96. The van der Waals surface area contributed by atoms with Gasteiger partial charge in [-0.1, -0.05) is 30.3 Å². The van der Waals surface area contributed by atoms with Crippen LogP contribution >= 0.6 is 0 Å². The van der Waals surface area contributed by atoms with Gasteiger partial charge in [-0.05, 0) is 74.9 Å². The van der Waals surface area contributed by atoms with Crippen molar-refractivity contribution in [3.8, 4) is 5.75 Å². The van der Waals surface area contributed by atoms with Crippen LogP contribution in [0.25, 0.3) is 0 Å². The number of carbonyl (C=O) groups excluding carboxylic acids is 1. The summed E-state index contributed by atoms with van der Waals surface area (Å²) in [7, 11) is 1.70. The lowest BCUT2D eigenvalue weighted by Crippen LogP contribution is -2.40. The first-order valence-electron chi connectivity index (χ1n) is 9.92. The number of nitrogens with zero attached hydrogens (tertiary/aromatic N) is 2. The first kappa shape index (κ1) is 20.1. The SMILES string of the molecule is COc1c(C)cc(C2=NN(C(=O)CCCc3ccccc3)C(C)(C)C2)cc1C. The predicted octanol–water partition coefficient (Wildman–Crippen LogP) is 5.05. The molecule has 0 fully saturated rings. The monoisotopic (exact) mass is 378 g/mol. The van der Waals surface area contributed by atoms with E-state index in [-0.39, 0.29) is 11.4 Å². The molecule has 0 unspecified atom stereocenters. The second-order valence-electron chi connectivity index (χ2n) is 8.22. The molecule has 0 aliphatic carbocycles. The molecule has 0 spiro atoms. The Kier molecular flexibility index (Phi) is 5.87. The van der Waals surface area contributed by atoms with Gasteiger partial charge < -0.3 is 4.74 Å². The first-order valence-corrected chi connectivity index (χ1v) is 9.92. The molecule has 28 heavy (non-hydrogen) atoms. The highest BCUT2D eigenvalue weighted by molar-refractivity contribution is 6.04. The van der Waals surface area contributed by atoms with Gasteiger partial charge in [-0.2, -0.15) is 5.10 Å². The van der Waals surface area contributed by atoms with Crippen molar-refractivity contribution in [3.63, 3.8) is 0 Å². The number of amides is 1. The lowest BCUT2D eigenvalue weighted by Gasteiger charge is -2.28. The number of hydrogen-bond donors (Lipinski definition) is 0. The van der Waals surface area contributed by atoms with Crippen LogP contribution in [0.3, 0.4) is 0 Å². The van der Waals surface area contributed by atoms with Gasteiger partial charge in [-0.15, -0.1) is 0 Å². The topological polar surface area (TPSA) is 41.9 Å². The Bertz CT molecular complexity index is 862. The zero-order chi connectivity index (χ0) is 20.3. The van der Waals surface area contributed by atoms with Gasteiger partial charge in [-0.3, -0.25) is 4.79 Å². The quantitative estimate of drug-likeness (QED) is 0.706. The summed E-state index contributed by atoms with van der Waals surface area (Å²) < 4.78 is 5.47. The van der Waals surface area contributed by atoms with Gasteiger partial charge in [0.25, 0.3) is 0 Å². The van der Waals surface area contributed by atoms with Crippen molar-refractivity contribution in [3.05, 3.63) is 64.7 Å². The van der Waals surface area contributed by atoms with E-state index in [2.05, 4.69) is 38.1 Å². The minimum absolute atomic E-state index is 0.0953. The Labute approximate surface area is 168 Å². The van der Waals surface area contributed by atoms with Gasteiger partial charge >= 0.3 is 0 Å². The molecule has 0 saturated heterocycles. The highest BCUT2D eigenvalue weighted by Gasteiger charge is 2.38. The second kappa shape index (κ2) is 8.17. The third-order valence-corrected chi connectivity index (χ3v) is 5.33. The van der Waals surface area contributed by atoms with E-state index in [1.807, 2.05) is 32.0 Å². The average Bonchev–Trinajstić information content (AvgIpc) is 2.97. The van der Waals surface area contributed by atoms with Crippen LogP contribution in [0.4, 0.5) is 0 Å². The highest BCUT2D eigenvalue weighted by atomic mass is 16.5. The summed E-state index contributed by atoms with van der Waals surface area (Å²) in [6.45, 7) is 8.26. The van der Waals surface area contributed by atoms with Crippen molar-refractivity contribution < 1.29 is 9.53 Å². The van der Waals surface area contributed by atoms with Crippen LogP contribution in [0.5, 0.6) is 5.75 Å². The zero-order valence-corrected chi connectivity index (χ0v) is 17.6. The molecule has 4 nitrogen and oxygen atoms in total. The number of ether oxygens (including phenoxy) is 1. The minimum Gasteiger partial charge on any atom is -0.496 e. The summed E-state index contributed by atoms with van der Waals surface area (Å²) in [5, 5.41) is 6.43. The van der Waals surface area contributed by atoms with Crippen molar-refractivity contribution in [2.45, 2.75) is 58.9 Å². The summed E-state index contributed by atoms with van der Waals surface area (Å²) in [4.78, 5) is 12.9. The van der Waals surface area contributed by atoms with Crippen LogP contribution in [0.15, 0.2) is 47.6 Å². The Morgan fingerprint density at radius 1 is 1.14 bits per heavy atom. The highest BCUT2D eigenvalue weighted by Crippen LogP contribution is 2.32. The second-order valence-corrected chi connectivity index (χ2v) is 8.22. The first-order chi connectivity index (χ1) is 13.3. The number of benzene rings is 2. The molecule has 0 radical (unpaired) electrons. The zero-order valence-electron chi connectivity index (χ0n) is 17.6. The molecule has 1 aliphatic rings. The molecular weight excluding hydrogens is 348 g/mol. The standard InChI is InChI=1S/C24H30N2O2/c1-17-14-20(15-18(2)23(17)28-5)21-16-24(3,4)26(25-21)22(27)13-9-12-19-10-7-6-8-11-19/h6-8,10-11,14-15H,9,12-13,16H2,1-5H3. The molecular formula is C24H30N2O2. The smallest absolute Gasteiger partial charge is 0.243 e. The van der Waals surface area contributed by atoms with Crippen molar-refractivity contribution >= 4 is 11.6 Å². The van der Waals surface area contributed by atoms with Crippen molar-refractivity contribution in [2.24, 2.45) is 5.10 Å². The Morgan fingerprint density at radius 2 is 1.79 bits per heavy atom. The fourth-order valence-electron chi connectivity index (χ4n) is 3.96. The lowest BCUT2D eigenvalue weighted by molar-refractivity contribution is -0.135. The number of hydrazone groups is 1. The van der Waals surface area contributed by atoms with Crippen LogP contribution in [0, 0.1) is 13.8 Å². The predicted molar refractivity (Wildman–Crippen MR) is 114 cm³/mol. The third kappa shape index (κ3) is 4.27. The fraction of sp³-hybridized carbons (Fsp3) is 0.417. The Hall–Kier alpha value is -2.62. The number of hydrogen-bond acceptors (Lipinski definition) is 3. The van der Waals surface area contributed by atoms with Crippen molar-refractivity contribution in [2.75, 3.05) is 7.11 Å². The van der Waals surface area contributed by atoms with Crippen LogP contribution in [-0.4, -0.2) is 29.3 Å². The number of aryl methyl sites for hydroxylation is 3. The summed E-state index contributed by atoms with van der Waals surface area (Å²) >= 11 is 0. The van der Waals surface area contributed by atoms with E-state index in [0.29, 0.717) is 6.42 Å². The van der Waals surface area contributed by atoms with Crippen molar-refractivity contribution in [1.29, 1.82) is 0 Å². The molecule has 4 heteroatoms. The molecule has 0 aromatic heterocycles. The molecule has 0 atom stereocenters. The van der Waals surface area contributed by atoms with E-state index < -0.39 is 0 Å². The van der Waals surface area contributed by atoms with E-state index in [4.69, 9.17) is 9.84 Å². The summed E-state index contributed by atoms with van der Waals surface area (Å²) in [6.07, 6.45) is 3.01. The Balaban J connectivity index is 1.72. The molecule has 1 heterocycles. The number of methoxy groups -OCH3 is 1. The normalized spacial score (nSPS) is 15.5. The van der Waals surface area contributed by atoms with Crippen molar-refractivity contribution in [1.82, 2.24) is 5.01 Å². The number of rotatable bonds is 6. The maximum absolute atomic E-state index is 12.9. The molecule has 148 valence electrons. The van der Waals surface area contributed by atoms with Gasteiger partial charge in [0.1, 0.15) is 5.75 Å². The van der Waals surface area contributed by atoms with E-state index in [0.717, 1.165) is 47.4 Å². The van der Waals surface area contributed by atoms with Gasteiger partial charge in [0.15, 0.2) is 0 Å². The maximum Gasteiger partial charge on any atom is 0.243 e. The van der Waals surface area contributed by atoms with Gasteiger partial charge in [0.05, 0.1) is 18.4 Å². The largest absolute Gasteiger partial charge is 0.496 e. The summed E-state index contributed by atoms with van der Waals surface area (Å²) in [5.41, 5.74) is 5.18. The van der Waals surface area contributed by atoms with Gasteiger partial charge in [0, 0.05) is 12.8 Å². The van der Waals surface area contributed by atoms with Gasteiger partial charge in [-0.25, -0.2) is 5.01 Å². The van der Waals surface area contributed by atoms with E-state index in [1.54, 1.807) is 12.1 Å². The number of carbonyl (C=O) groups is 1. The van der Waals surface area contributed by atoms with Crippen LogP contribution in [-0.2, 0) is 11.2 Å². The molecule has 0 saturated carbocycles. The lowest BCUT2D eigenvalue weighted by atomic mass is 9.93. The molecule has 1 amide bonds. The average molecular weight is 379 g/mol. The van der Waals surface area contributed by atoms with Crippen LogP contribution < -0.4 is 4.74 Å². The third-order valence-electron chi connectivity index (χ3n) is 5.33. The molecule has 1 aliphatic heterocycles. The summed E-state index contributed by atoms with van der Waals surface area (Å²) in [5.74, 6) is 1.01. The maximum atomic E-state index is 12.9. The molecule has 0 N–H and O–H groups in total.